The van der Waals surface area contributed by atoms with Crippen molar-refractivity contribution in [3.8, 4) is 5.75 Å². The number of carbonyl (C=O) groups is 1. The molecule has 4 heteroatoms. The van der Waals surface area contributed by atoms with E-state index in [1.807, 2.05) is 12.1 Å². The quantitative estimate of drug-likeness (QED) is 0.841. The zero-order chi connectivity index (χ0) is 12.3. The van der Waals surface area contributed by atoms with Crippen LogP contribution in [0.5, 0.6) is 5.75 Å². The fourth-order valence-electron chi connectivity index (χ4n) is 2.40. The van der Waals surface area contributed by atoms with Gasteiger partial charge in [0.1, 0.15) is 11.6 Å². The van der Waals surface area contributed by atoms with Gasteiger partial charge in [-0.2, -0.15) is 0 Å². The normalized spacial score (nSPS) is 18.4. The first-order valence-electron chi connectivity index (χ1n) is 5.77. The Morgan fingerprint density at radius 2 is 2.41 bits per heavy atom. The van der Waals surface area contributed by atoms with E-state index >= 15 is 0 Å². The highest BCUT2D eigenvalue weighted by Crippen LogP contribution is 2.36. The van der Waals surface area contributed by atoms with Crippen molar-refractivity contribution in [2.75, 3.05) is 13.0 Å². The molecule has 3 nitrogen and oxygen atoms in total. The number of carbonyl (C=O) groups excluding carboxylic acids is 1. The van der Waals surface area contributed by atoms with Gasteiger partial charge in [0.25, 0.3) is 0 Å². The van der Waals surface area contributed by atoms with Crippen LogP contribution in [0, 0.1) is 0 Å². The SMILES string of the molecule is COc1cccc2c1C(NC(=O)CCl)CCC2. The van der Waals surface area contributed by atoms with E-state index < -0.39 is 0 Å². The van der Waals surface area contributed by atoms with Crippen molar-refractivity contribution >= 4 is 17.5 Å². The molecule has 0 aromatic heterocycles. The Morgan fingerprint density at radius 3 is 3.12 bits per heavy atom. The first-order valence-corrected chi connectivity index (χ1v) is 6.31. The number of benzene rings is 1. The number of amides is 1. The highest BCUT2D eigenvalue weighted by atomic mass is 35.5. The topological polar surface area (TPSA) is 38.3 Å². The van der Waals surface area contributed by atoms with Crippen LogP contribution in [0.2, 0.25) is 0 Å². The van der Waals surface area contributed by atoms with Crippen molar-refractivity contribution in [2.24, 2.45) is 0 Å². The maximum Gasteiger partial charge on any atom is 0.235 e. The van der Waals surface area contributed by atoms with Crippen molar-refractivity contribution in [1.82, 2.24) is 5.32 Å². The van der Waals surface area contributed by atoms with Crippen molar-refractivity contribution in [3.63, 3.8) is 0 Å². The number of hydrogen-bond acceptors (Lipinski definition) is 2. The molecule has 1 aromatic carbocycles. The molecule has 1 amide bonds. The first-order chi connectivity index (χ1) is 8.26. The Labute approximate surface area is 106 Å². The summed E-state index contributed by atoms with van der Waals surface area (Å²) in [6.45, 7) is 0. The number of aryl methyl sites for hydroxylation is 1. The summed E-state index contributed by atoms with van der Waals surface area (Å²) < 4.78 is 5.37. The lowest BCUT2D eigenvalue weighted by Crippen LogP contribution is -2.32. The van der Waals surface area contributed by atoms with E-state index in [1.54, 1.807) is 7.11 Å². The molecule has 1 atom stereocenters. The molecule has 92 valence electrons. The second kappa shape index (κ2) is 5.41. The Morgan fingerprint density at radius 1 is 1.59 bits per heavy atom. The minimum absolute atomic E-state index is 0.000975. The summed E-state index contributed by atoms with van der Waals surface area (Å²) in [7, 11) is 1.66. The fourth-order valence-corrected chi connectivity index (χ4v) is 2.48. The summed E-state index contributed by atoms with van der Waals surface area (Å²) in [5.41, 5.74) is 2.37. The van der Waals surface area contributed by atoms with Crippen molar-refractivity contribution < 1.29 is 9.53 Å². The van der Waals surface area contributed by atoms with Gasteiger partial charge < -0.3 is 10.1 Å². The molecular formula is C13H16ClNO2. The molecule has 1 N–H and O–H groups in total. The van der Waals surface area contributed by atoms with E-state index in [9.17, 15) is 4.79 Å². The predicted octanol–water partition coefficient (Wildman–Crippen LogP) is 2.43. The standard InChI is InChI=1S/C13H16ClNO2/c1-17-11-7-3-5-9-4-2-6-10(13(9)11)15-12(16)8-14/h3,5,7,10H,2,4,6,8H2,1H3,(H,15,16). The van der Waals surface area contributed by atoms with E-state index in [4.69, 9.17) is 16.3 Å². The fraction of sp³-hybridized carbons (Fsp3) is 0.462. The van der Waals surface area contributed by atoms with E-state index in [-0.39, 0.29) is 17.8 Å². The molecule has 0 radical (unpaired) electrons. The zero-order valence-corrected chi connectivity index (χ0v) is 10.6. The first kappa shape index (κ1) is 12.2. The summed E-state index contributed by atoms with van der Waals surface area (Å²) in [5, 5.41) is 2.95. The number of hydrogen-bond donors (Lipinski definition) is 1. The minimum atomic E-state index is -0.129. The lowest BCUT2D eigenvalue weighted by molar-refractivity contribution is -0.119. The summed E-state index contributed by atoms with van der Waals surface area (Å²) >= 11 is 5.53. The second-order valence-corrected chi connectivity index (χ2v) is 4.45. The van der Waals surface area contributed by atoms with E-state index in [0.717, 1.165) is 30.6 Å². The van der Waals surface area contributed by atoms with Gasteiger partial charge >= 0.3 is 0 Å². The smallest absolute Gasteiger partial charge is 0.235 e. The molecule has 0 spiro atoms. The number of nitrogens with one attached hydrogen (secondary N) is 1. The number of halogens is 1. The van der Waals surface area contributed by atoms with Gasteiger partial charge in [-0.05, 0) is 30.9 Å². The van der Waals surface area contributed by atoms with E-state index in [2.05, 4.69) is 11.4 Å². The number of alkyl halides is 1. The van der Waals surface area contributed by atoms with E-state index in [0.29, 0.717) is 0 Å². The molecule has 17 heavy (non-hydrogen) atoms. The summed E-state index contributed by atoms with van der Waals surface area (Å²) in [6, 6.07) is 6.05. The average Bonchev–Trinajstić information content (AvgIpc) is 2.38. The van der Waals surface area contributed by atoms with Gasteiger partial charge in [0.15, 0.2) is 0 Å². The van der Waals surface area contributed by atoms with Crippen LogP contribution in [0.1, 0.15) is 30.0 Å². The van der Waals surface area contributed by atoms with Crippen LogP contribution in [0.15, 0.2) is 18.2 Å². The molecule has 1 aromatic rings. The maximum absolute atomic E-state index is 11.4. The third kappa shape index (κ3) is 2.55. The van der Waals surface area contributed by atoms with Crippen LogP contribution in [-0.4, -0.2) is 18.9 Å². The number of methoxy groups -OCH3 is 1. The predicted molar refractivity (Wildman–Crippen MR) is 67.5 cm³/mol. The lowest BCUT2D eigenvalue weighted by Gasteiger charge is -2.27. The molecule has 0 bridgehead atoms. The number of rotatable bonds is 3. The number of ether oxygens (including phenoxy) is 1. The van der Waals surface area contributed by atoms with Crippen molar-refractivity contribution in [3.05, 3.63) is 29.3 Å². The maximum atomic E-state index is 11.4. The van der Waals surface area contributed by atoms with Crippen molar-refractivity contribution in [1.29, 1.82) is 0 Å². The second-order valence-electron chi connectivity index (χ2n) is 4.18. The average molecular weight is 254 g/mol. The summed E-state index contributed by atoms with van der Waals surface area (Å²) in [6.07, 6.45) is 3.06. The molecule has 1 aliphatic carbocycles. The Balaban J connectivity index is 2.31. The highest BCUT2D eigenvalue weighted by Gasteiger charge is 2.24. The van der Waals surface area contributed by atoms with Gasteiger partial charge in [-0.25, -0.2) is 0 Å². The van der Waals surface area contributed by atoms with Crippen molar-refractivity contribution in [2.45, 2.75) is 25.3 Å². The zero-order valence-electron chi connectivity index (χ0n) is 9.83. The third-order valence-electron chi connectivity index (χ3n) is 3.12. The van der Waals surface area contributed by atoms with Crippen LogP contribution >= 0.6 is 11.6 Å². The Hall–Kier alpha value is -1.22. The molecule has 1 aliphatic rings. The minimum Gasteiger partial charge on any atom is -0.496 e. The molecule has 1 unspecified atom stereocenters. The monoisotopic (exact) mass is 253 g/mol. The van der Waals surface area contributed by atoms with Crippen LogP contribution in [0.4, 0.5) is 0 Å². The van der Waals surface area contributed by atoms with Crippen LogP contribution < -0.4 is 10.1 Å². The highest BCUT2D eigenvalue weighted by molar-refractivity contribution is 6.27. The van der Waals surface area contributed by atoms with Gasteiger partial charge in [0.2, 0.25) is 5.91 Å². The van der Waals surface area contributed by atoms with Gasteiger partial charge in [-0.1, -0.05) is 12.1 Å². The summed E-state index contributed by atoms with van der Waals surface area (Å²) in [4.78, 5) is 11.4. The van der Waals surface area contributed by atoms with Crippen LogP contribution in [-0.2, 0) is 11.2 Å². The lowest BCUT2D eigenvalue weighted by atomic mass is 9.87. The third-order valence-corrected chi connectivity index (χ3v) is 3.36. The molecule has 2 rings (SSSR count). The van der Waals surface area contributed by atoms with Gasteiger partial charge in [-0.15, -0.1) is 11.6 Å². The Kier molecular flexibility index (Phi) is 3.89. The summed E-state index contributed by atoms with van der Waals surface area (Å²) in [5.74, 6) is 0.721. The molecule has 0 saturated heterocycles. The largest absolute Gasteiger partial charge is 0.496 e. The molecule has 0 aliphatic heterocycles. The molecule has 0 saturated carbocycles. The van der Waals surface area contributed by atoms with Gasteiger partial charge in [-0.3, -0.25) is 4.79 Å². The molecule has 0 fully saturated rings. The molecule has 0 heterocycles. The number of fused-ring (bicyclic) bond motifs is 1. The molecular weight excluding hydrogens is 238 g/mol. The Bertz CT molecular complexity index is 406. The van der Waals surface area contributed by atoms with Gasteiger partial charge in [0.05, 0.1) is 13.2 Å². The van der Waals surface area contributed by atoms with E-state index in [1.165, 1.54) is 5.56 Å². The van der Waals surface area contributed by atoms with Crippen LogP contribution in [0.3, 0.4) is 0 Å². The van der Waals surface area contributed by atoms with Crippen LogP contribution in [0.25, 0.3) is 0 Å². The van der Waals surface area contributed by atoms with Gasteiger partial charge in [0, 0.05) is 5.56 Å².